The van der Waals surface area contributed by atoms with E-state index >= 15 is 0 Å². The van der Waals surface area contributed by atoms with Gasteiger partial charge in [0.05, 0.1) is 6.61 Å². The quantitative estimate of drug-likeness (QED) is 0.521. The highest BCUT2D eigenvalue weighted by atomic mass is 32.1. The van der Waals surface area contributed by atoms with Gasteiger partial charge in [0.15, 0.2) is 5.82 Å². The molecule has 4 aromatic rings. The Balaban J connectivity index is 1.77. The maximum absolute atomic E-state index is 5.13. The van der Waals surface area contributed by atoms with Gasteiger partial charge in [-0.1, -0.05) is 72.0 Å². The summed E-state index contributed by atoms with van der Waals surface area (Å²) in [6.07, 6.45) is 2.80. The molecule has 0 radical (unpaired) electrons. The molecule has 4 rings (SSSR count). The molecule has 0 saturated heterocycles. The summed E-state index contributed by atoms with van der Waals surface area (Å²) in [5.74, 6) is 0.818. The van der Waals surface area contributed by atoms with E-state index in [9.17, 15) is 0 Å². The number of rotatable bonds is 6. The fourth-order valence-corrected chi connectivity index (χ4v) is 3.57. The Labute approximate surface area is 155 Å². The van der Waals surface area contributed by atoms with Crippen LogP contribution >= 0.6 is 11.3 Å². The molecular weight excluding hydrogens is 344 g/mol. The molecule has 2 aromatic carbocycles. The van der Waals surface area contributed by atoms with Crippen molar-refractivity contribution in [3.05, 3.63) is 82.6 Å². The standard InChI is InChI=1S/C20H18N4OS/c1-25-13-12-18-21-22-20-24(18)23-19(26-20)14-17(15-8-4-2-5-9-15)16-10-6-3-7-11-16/h2-11,14H,12-13H2,1H3. The zero-order chi connectivity index (χ0) is 17.8. The van der Waals surface area contributed by atoms with E-state index in [-0.39, 0.29) is 0 Å². The van der Waals surface area contributed by atoms with Gasteiger partial charge in [0.2, 0.25) is 4.96 Å². The minimum absolute atomic E-state index is 0.600. The number of ether oxygens (including phenoxy) is 1. The lowest BCUT2D eigenvalue weighted by Gasteiger charge is -2.07. The highest BCUT2D eigenvalue weighted by Crippen LogP contribution is 2.27. The number of hydrogen-bond donors (Lipinski definition) is 0. The summed E-state index contributed by atoms with van der Waals surface area (Å²) >= 11 is 1.53. The third-order valence-electron chi connectivity index (χ3n) is 4.04. The Kier molecular flexibility index (Phi) is 4.86. The summed E-state index contributed by atoms with van der Waals surface area (Å²) in [6, 6.07) is 20.7. The first-order valence-corrected chi connectivity index (χ1v) is 9.19. The molecule has 0 amide bonds. The topological polar surface area (TPSA) is 52.3 Å². The van der Waals surface area contributed by atoms with Crippen molar-refractivity contribution in [1.82, 2.24) is 19.8 Å². The maximum Gasteiger partial charge on any atom is 0.234 e. The van der Waals surface area contributed by atoms with Gasteiger partial charge in [0, 0.05) is 13.5 Å². The monoisotopic (exact) mass is 362 g/mol. The Morgan fingerprint density at radius 1 is 1.00 bits per heavy atom. The number of nitrogens with zero attached hydrogens (tertiary/aromatic N) is 4. The van der Waals surface area contributed by atoms with E-state index in [0.717, 1.165) is 32.5 Å². The molecule has 0 N–H and O–H groups in total. The molecule has 0 saturated carbocycles. The van der Waals surface area contributed by atoms with Crippen molar-refractivity contribution >= 4 is 27.9 Å². The second kappa shape index (κ2) is 7.59. The molecule has 0 aliphatic heterocycles. The van der Waals surface area contributed by atoms with Crippen LogP contribution in [0.2, 0.25) is 0 Å². The third kappa shape index (κ3) is 3.42. The number of fused-ring (bicyclic) bond motifs is 1. The Bertz CT molecular complexity index is 980. The molecule has 2 aromatic heterocycles. The number of methoxy groups -OCH3 is 1. The zero-order valence-electron chi connectivity index (χ0n) is 14.4. The van der Waals surface area contributed by atoms with Crippen molar-refractivity contribution in [3.63, 3.8) is 0 Å². The van der Waals surface area contributed by atoms with Crippen LogP contribution in [0.25, 0.3) is 16.6 Å². The van der Waals surface area contributed by atoms with E-state index in [2.05, 4.69) is 40.5 Å². The molecule has 0 unspecified atom stereocenters. The van der Waals surface area contributed by atoms with Crippen LogP contribution in [-0.2, 0) is 11.2 Å². The van der Waals surface area contributed by atoms with Gasteiger partial charge >= 0.3 is 0 Å². The van der Waals surface area contributed by atoms with Crippen molar-refractivity contribution < 1.29 is 4.74 Å². The lowest BCUT2D eigenvalue weighted by molar-refractivity contribution is 0.200. The number of benzene rings is 2. The van der Waals surface area contributed by atoms with Gasteiger partial charge in [-0.05, 0) is 22.8 Å². The average molecular weight is 362 g/mol. The zero-order valence-corrected chi connectivity index (χ0v) is 15.2. The van der Waals surface area contributed by atoms with Crippen molar-refractivity contribution in [2.45, 2.75) is 6.42 Å². The smallest absolute Gasteiger partial charge is 0.234 e. The largest absolute Gasteiger partial charge is 0.384 e. The van der Waals surface area contributed by atoms with E-state index < -0.39 is 0 Å². The normalized spacial score (nSPS) is 11.0. The van der Waals surface area contributed by atoms with Crippen molar-refractivity contribution in [2.24, 2.45) is 0 Å². The number of hydrogen-bond acceptors (Lipinski definition) is 5. The Morgan fingerprint density at radius 3 is 2.27 bits per heavy atom. The molecule has 6 heteroatoms. The molecule has 0 spiro atoms. The van der Waals surface area contributed by atoms with E-state index in [1.54, 1.807) is 7.11 Å². The Morgan fingerprint density at radius 2 is 1.65 bits per heavy atom. The van der Waals surface area contributed by atoms with Gasteiger partial charge in [-0.25, -0.2) is 0 Å². The second-order valence-electron chi connectivity index (χ2n) is 5.78. The first-order chi connectivity index (χ1) is 12.8. The van der Waals surface area contributed by atoms with Crippen LogP contribution in [0.15, 0.2) is 60.7 Å². The van der Waals surface area contributed by atoms with Crippen LogP contribution in [0.1, 0.15) is 22.0 Å². The van der Waals surface area contributed by atoms with Crippen LogP contribution in [0.3, 0.4) is 0 Å². The van der Waals surface area contributed by atoms with Gasteiger partial charge in [-0.2, -0.15) is 9.61 Å². The van der Waals surface area contributed by atoms with Gasteiger partial charge in [0.1, 0.15) is 5.01 Å². The molecule has 2 heterocycles. The van der Waals surface area contributed by atoms with Crippen LogP contribution in [0.4, 0.5) is 0 Å². The molecule has 0 aliphatic rings. The predicted octanol–water partition coefficient (Wildman–Crippen LogP) is 3.96. The van der Waals surface area contributed by atoms with Gasteiger partial charge in [-0.15, -0.1) is 10.2 Å². The number of aromatic nitrogens is 4. The van der Waals surface area contributed by atoms with Crippen LogP contribution in [0.5, 0.6) is 0 Å². The van der Waals surface area contributed by atoms with Crippen molar-refractivity contribution in [3.8, 4) is 0 Å². The SMILES string of the molecule is COCCc1nnc2sc(C=C(c3ccccc3)c3ccccc3)nn12. The van der Waals surface area contributed by atoms with Crippen LogP contribution in [0, 0.1) is 0 Å². The summed E-state index contributed by atoms with van der Waals surface area (Å²) in [4.78, 5) is 0.794. The van der Waals surface area contributed by atoms with Crippen molar-refractivity contribution in [1.29, 1.82) is 0 Å². The van der Waals surface area contributed by atoms with E-state index in [1.807, 2.05) is 40.9 Å². The van der Waals surface area contributed by atoms with Gasteiger partial charge in [0.25, 0.3) is 0 Å². The van der Waals surface area contributed by atoms with Crippen molar-refractivity contribution in [2.75, 3.05) is 13.7 Å². The maximum atomic E-state index is 5.13. The van der Waals surface area contributed by atoms with Crippen LogP contribution in [-0.4, -0.2) is 33.5 Å². The lowest BCUT2D eigenvalue weighted by Crippen LogP contribution is -2.01. The average Bonchev–Trinajstić information content (AvgIpc) is 3.26. The minimum Gasteiger partial charge on any atom is -0.384 e. The van der Waals surface area contributed by atoms with Gasteiger partial charge in [-0.3, -0.25) is 0 Å². The first kappa shape index (κ1) is 16.6. The molecule has 130 valence electrons. The molecule has 26 heavy (non-hydrogen) atoms. The first-order valence-electron chi connectivity index (χ1n) is 8.38. The van der Waals surface area contributed by atoms with E-state index in [0.29, 0.717) is 13.0 Å². The molecule has 0 aliphatic carbocycles. The predicted molar refractivity (Wildman–Crippen MR) is 104 cm³/mol. The summed E-state index contributed by atoms with van der Waals surface area (Å²) in [5.41, 5.74) is 3.45. The Hall–Kier alpha value is -2.83. The second-order valence-corrected chi connectivity index (χ2v) is 6.77. The molecule has 0 fully saturated rings. The molecule has 0 bridgehead atoms. The highest BCUT2D eigenvalue weighted by molar-refractivity contribution is 7.17. The third-order valence-corrected chi connectivity index (χ3v) is 4.88. The molecular formula is C20H18N4OS. The summed E-state index contributed by atoms with van der Waals surface area (Å²) in [5, 5.41) is 14.0. The summed E-state index contributed by atoms with van der Waals surface area (Å²) in [6.45, 7) is 0.600. The lowest BCUT2D eigenvalue weighted by atomic mass is 9.98. The fourth-order valence-electron chi connectivity index (χ4n) is 2.77. The van der Waals surface area contributed by atoms with E-state index in [1.165, 1.54) is 11.3 Å². The van der Waals surface area contributed by atoms with Gasteiger partial charge < -0.3 is 4.74 Å². The highest BCUT2D eigenvalue weighted by Gasteiger charge is 2.12. The van der Waals surface area contributed by atoms with Crippen LogP contribution < -0.4 is 0 Å². The molecule has 0 atom stereocenters. The molecule has 5 nitrogen and oxygen atoms in total. The fraction of sp³-hybridized carbons (Fsp3) is 0.150. The summed E-state index contributed by atoms with van der Waals surface area (Å²) < 4.78 is 6.94. The minimum atomic E-state index is 0.600. The van der Waals surface area contributed by atoms with E-state index in [4.69, 9.17) is 9.84 Å². The summed E-state index contributed by atoms with van der Waals surface area (Å²) in [7, 11) is 1.68.